The van der Waals surface area contributed by atoms with Crippen LogP contribution in [0.4, 0.5) is 5.69 Å². The third kappa shape index (κ3) is 6.05. The van der Waals surface area contributed by atoms with Crippen LogP contribution in [0.15, 0.2) is 65.8 Å². The van der Waals surface area contributed by atoms with Crippen molar-refractivity contribution in [2.45, 2.75) is 25.1 Å². The molecule has 0 amide bonds. The average molecular weight is 331 g/mol. The van der Waals surface area contributed by atoms with E-state index in [2.05, 4.69) is 42.3 Å². The number of hydrogen-bond donors (Lipinski definition) is 1. The maximum atomic E-state index is 6.26. The fraction of sp³-hybridized carbons (Fsp3) is 0.235. The van der Waals surface area contributed by atoms with Gasteiger partial charge in [-0.25, -0.2) is 0 Å². The lowest BCUT2D eigenvalue weighted by molar-refractivity contribution is 0.289. The van der Waals surface area contributed by atoms with E-state index in [1.54, 1.807) is 11.8 Å². The maximum Gasteiger partial charge on any atom is 0.185 e. The molecule has 0 aliphatic heterocycles. The lowest BCUT2D eigenvalue weighted by Crippen LogP contribution is -2.27. The first-order valence-electron chi connectivity index (χ1n) is 7.25. The van der Waals surface area contributed by atoms with Gasteiger partial charge in [0.05, 0.1) is 11.2 Å². The Hall–Kier alpha value is -1.56. The number of thioether (sulfide) groups is 1. The minimum absolute atomic E-state index is 0.0193. The molecule has 0 radical (unpaired) electrons. The number of anilines is 1. The van der Waals surface area contributed by atoms with Crippen molar-refractivity contribution in [3.8, 4) is 0 Å². The normalized spacial score (nSPS) is 13.2. The Kier molecular flexibility index (Phi) is 6.24. The highest BCUT2D eigenvalue weighted by atomic mass is 32.2. The number of hydrogen-bond acceptors (Lipinski definition) is 4. The number of benzene rings is 2. The molecule has 0 aromatic heterocycles. The minimum atomic E-state index is -1.63. The average Bonchev–Trinajstić information content (AvgIpc) is 2.51. The summed E-state index contributed by atoms with van der Waals surface area (Å²) in [6.07, 6.45) is 0. The first kappa shape index (κ1) is 16.8. The molecule has 3 nitrogen and oxygen atoms in total. The van der Waals surface area contributed by atoms with E-state index in [4.69, 9.17) is 4.43 Å². The van der Waals surface area contributed by atoms with Crippen LogP contribution in [-0.2, 0) is 4.43 Å². The maximum absolute atomic E-state index is 6.26. The summed E-state index contributed by atoms with van der Waals surface area (Å²) in [7, 11) is -1.63. The van der Waals surface area contributed by atoms with Crippen LogP contribution in [0.5, 0.6) is 0 Å². The zero-order valence-electron chi connectivity index (χ0n) is 13.2. The van der Waals surface area contributed by atoms with Gasteiger partial charge in [-0.3, -0.25) is 5.43 Å². The zero-order valence-corrected chi connectivity index (χ0v) is 15.0. The fourth-order valence-electron chi connectivity index (χ4n) is 1.80. The highest BCUT2D eigenvalue weighted by Gasteiger charge is 2.22. The molecule has 0 saturated carbocycles. The van der Waals surface area contributed by atoms with E-state index in [0.717, 1.165) is 5.69 Å². The molecule has 0 aliphatic carbocycles. The van der Waals surface area contributed by atoms with Gasteiger partial charge in [0.25, 0.3) is 0 Å². The monoisotopic (exact) mass is 330 g/mol. The molecule has 0 spiro atoms. The summed E-state index contributed by atoms with van der Waals surface area (Å²) in [5.41, 5.74) is 6.95. The van der Waals surface area contributed by atoms with Crippen LogP contribution >= 0.6 is 11.8 Å². The predicted molar refractivity (Wildman–Crippen MR) is 99.8 cm³/mol. The van der Waals surface area contributed by atoms with Gasteiger partial charge in [-0.15, -0.1) is 0 Å². The van der Waals surface area contributed by atoms with E-state index in [1.807, 2.05) is 54.1 Å². The van der Waals surface area contributed by atoms with E-state index < -0.39 is 8.32 Å². The molecule has 22 heavy (non-hydrogen) atoms. The first-order valence-corrected chi connectivity index (χ1v) is 11.6. The van der Waals surface area contributed by atoms with E-state index in [-0.39, 0.29) is 5.44 Å². The van der Waals surface area contributed by atoms with Gasteiger partial charge in [-0.05, 0) is 37.3 Å². The Bertz CT molecular complexity index is 585. The van der Waals surface area contributed by atoms with Crippen LogP contribution < -0.4 is 5.43 Å². The molecule has 5 heteroatoms. The Balaban J connectivity index is 1.98. The van der Waals surface area contributed by atoms with Crippen LogP contribution in [0.1, 0.15) is 11.0 Å². The molecule has 1 atom stereocenters. The molecule has 0 bridgehead atoms. The standard InChI is InChI=1S/C17H22N2OSSi/c1-22(2,3)20-17(15-10-6-4-7-11-15)21-14-18-19-16-12-8-5-9-13-16/h4-14,17,19H,1-3H3/b18-14-. The van der Waals surface area contributed by atoms with Crippen molar-refractivity contribution in [2.24, 2.45) is 5.10 Å². The molecular formula is C17H22N2OSSi. The fourth-order valence-corrected chi connectivity index (χ4v) is 4.21. The van der Waals surface area contributed by atoms with Gasteiger partial charge < -0.3 is 4.43 Å². The molecule has 2 rings (SSSR count). The first-order chi connectivity index (χ1) is 10.5. The van der Waals surface area contributed by atoms with E-state index >= 15 is 0 Å². The molecule has 1 unspecified atom stereocenters. The van der Waals surface area contributed by atoms with Crippen molar-refractivity contribution in [3.05, 3.63) is 66.2 Å². The minimum Gasteiger partial charge on any atom is -0.402 e. The highest BCUT2D eigenvalue weighted by molar-refractivity contribution is 8.12. The molecule has 116 valence electrons. The molecule has 0 saturated heterocycles. The van der Waals surface area contributed by atoms with Crippen molar-refractivity contribution in [1.82, 2.24) is 0 Å². The van der Waals surface area contributed by atoms with Gasteiger partial charge in [0, 0.05) is 0 Å². The summed E-state index contributed by atoms with van der Waals surface area (Å²) in [6, 6.07) is 20.2. The smallest absolute Gasteiger partial charge is 0.185 e. The Morgan fingerprint density at radius 3 is 2.18 bits per heavy atom. The second-order valence-electron chi connectivity index (χ2n) is 5.82. The molecule has 0 fully saturated rings. The lowest BCUT2D eigenvalue weighted by Gasteiger charge is -2.25. The molecule has 0 aliphatic rings. The largest absolute Gasteiger partial charge is 0.402 e. The number of rotatable bonds is 7. The van der Waals surface area contributed by atoms with E-state index in [1.165, 1.54) is 5.56 Å². The molecular weight excluding hydrogens is 308 g/mol. The number of para-hydroxylation sites is 1. The summed E-state index contributed by atoms with van der Waals surface area (Å²) in [5, 5.41) is 4.26. The molecule has 0 heterocycles. The van der Waals surface area contributed by atoms with Crippen molar-refractivity contribution < 1.29 is 4.43 Å². The summed E-state index contributed by atoms with van der Waals surface area (Å²) in [4.78, 5) is 0. The Morgan fingerprint density at radius 1 is 1.00 bits per heavy atom. The molecule has 2 aromatic carbocycles. The van der Waals surface area contributed by atoms with Gasteiger partial charge in [0.2, 0.25) is 0 Å². The van der Waals surface area contributed by atoms with E-state index in [0.29, 0.717) is 0 Å². The quantitative estimate of drug-likeness (QED) is 0.245. The third-order valence-corrected chi connectivity index (χ3v) is 4.69. The number of nitrogens with one attached hydrogen (secondary N) is 1. The summed E-state index contributed by atoms with van der Waals surface area (Å²) < 4.78 is 6.26. The SMILES string of the molecule is C[Si](C)(C)OC(S/C=N\Nc1ccccc1)c1ccccc1. The van der Waals surface area contributed by atoms with E-state index in [9.17, 15) is 0 Å². The van der Waals surface area contributed by atoms with Crippen molar-refractivity contribution >= 4 is 31.3 Å². The second kappa shape index (κ2) is 8.17. The van der Waals surface area contributed by atoms with Gasteiger partial charge in [-0.2, -0.15) is 5.10 Å². The van der Waals surface area contributed by atoms with Crippen LogP contribution in [0.25, 0.3) is 0 Å². The topological polar surface area (TPSA) is 33.6 Å². The Labute approximate surface area is 137 Å². The van der Waals surface area contributed by atoms with Crippen LogP contribution in [0.2, 0.25) is 19.6 Å². The van der Waals surface area contributed by atoms with Crippen LogP contribution in [-0.4, -0.2) is 13.9 Å². The number of nitrogens with zero attached hydrogens (tertiary/aromatic N) is 1. The van der Waals surface area contributed by atoms with Crippen molar-refractivity contribution in [2.75, 3.05) is 5.43 Å². The van der Waals surface area contributed by atoms with Gasteiger partial charge in [0.1, 0.15) is 5.44 Å². The van der Waals surface area contributed by atoms with Crippen LogP contribution in [0, 0.1) is 0 Å². The second-order valence-corrected chi connectivity index (χ2v) is 11.2. The van der Waals surface area contributed by atoms with Crippen LogP contribution in [0.3, 0.4) is 0 Å². The van der Waals surface area contributed by atoms with Crippen molar-refractivity contribution in [3.63, 3.8) is 0 Å². The zero-order chi connectivity index (χ0) is 15.8. The highest BCUT2D eigenvalue weighted by Crippen LogP contribution is 2.31. The Morgan fingerprint density at radius 2 is 1.59 bits per heavy atom. The van der Waals surface area contributed by atoms with Crippen molar-refractivity contribution in [1.29, 1.82) is 0 Å². The molecule has 2 aromatic rings. The van der Waals surface area contributed by atoms with Gasteiger partial charge in [-0.1, -0.05) is 60.3 Å². The number of hydrazone groups is 1. The lowest BCUT2D eigenvalue weighted by atomic mass is 10.2. The summed E-state index contributed by atoms with van der Waals surface area (Å²) in [6.45, 7) is 6.59. The summed E-state index contributed by atoms with van der Waals surface area (Å²) >= 11 is 1.58. The van der Waals surface area contributed by atoms with Gasteiger partial charge in [0.15, 0.2) is 8.32 Å². The molecule has 1 N–H and O–H groups in total. The van der Waals surface area contributed by atoms with Gasteiger partial charge >= 0.3 is 0 Å². The third-order valence-electron chi connectivity index (χ3n) is 2.74. The summed E-state index contributed by atoms with van der Waals surface area (Å²) in [5.74, 6) is 0. The predicted octanol–water partition coefficient (Wildman–Crippen LogP) is 5.33.